The van der Waals surface area contributed by atoms with Crippen molar-refractivity contribution in [1.29, 1.82) is 0 Å². The van der Waals surface area contributed by atoms with Crippen LogP contribution < -0.4 is 0 Å². The molecule has 0 unspecified atom stereocenters. The van der Waals surface area contributed by atoms with Gasteiger partial charge in [0.05, 0.1) is 11.1 Å². The molecule has 20 heavy (non-hydrogen) atoms. The van der Waals surface area contributed by atoms with E-state index in [1.807, 2.05) is 6.07 Å². The minimum atomic E-state index is -0.839. The summed E-state index contributed by atoms with van der Waals surface area (Å²) in [7, 11) is 0. The average Bonchev–Trinajstić information content (AvgIpc) is 2.70. The molecule has 0 aliphatic rings. The van der Waals surface area contributed by atoms with Crippen LogP contribution in [-0.2, 0) is 13.0 Å². The van der Waals surface area contributed by atoms with E-state index in [4.69, 9.17) is 0 Å². The van der Waals surface area contributed by atoms with E-state index >= 15 is 0 Å². The predicted molar refractivity (Wildman–Crippen MR) is 82.5 cm³/mol. The van der Waals surface area contributed by atoms with E-state index in [2.05, 4.69) is 31.4 Å². The molecule has 0 fully saturated rings. The van der Waals surface area contributed by atoms with E-state index in [-0.39, 0.29) is 0 Å². The normalized spacial score (nSPS) is 11.2. The van der Waals surface area contributed by atoms with Gasteiger partial charge in [-0.15, -0.1) is 0 Å². The summed E-state index contributed by atoms with van der Waals surface area (Å²) in [5.74, 6) is -0.839. The first-order valence-corrected chi connectivity index (χ1v) is 7.45. The largest absolute Gasteiger partial charge is 0.478 e. The van der Waals surface area contributed by atoms with Crippen LogP contribution in [0, 0.1) is 6.92 Å². The Morgan fingerprint density at radius 3 is 2.60 bits per heavy atom. The molecule has 0 radical (unpaired) electrons. The number of benzene rings is 1. The van der Waals surface area contributed by atoms with Crippen LogP contribution in [0.25, 0.3) is 10.9 Å². The van der Waals surface area contributed by atoms with E-state index in [0.717, 1.165) is 43.1 Å². The SMILES string of the molecule is CCCCn1c(C)c(CCC)c2cccc(C(=O)O)c21. The number of para-hydroxylation sites is 1. The smallest absolute Gasteiger partial charge is 0.337 e. The maximum Gasteiger partial charge on any atom is 0.337 e. The molecular formula is C17H23NO2. The summed E-state index contributed by atoms with van der Waals surface area (Å²) in [5.41, 5.74) is 3.85. The van der Waals surface area contributed by atoms with Gasteiger partial charge in [0.25, 0.3) is 0 Å². The standard InChI is InChI=1S/C17H23NO2/c1-4-6-11-18-12(3)13(8-5-2)14-9-7-10-15(16(14)18)17(19)20/h7,9-10H,4-6,8,11H2,1-3H3,(H,19,20). The molecule has 0 aliphatic heterocycles. The van der Waals surface area contributed by atoms with Crippen molar-refractivity contribution in [2.45, 2.75) is 53.0 Å². The van der Waals surface area contributed by atoms with Crippen LogP contribution in [0.2, 0.25) is 0 Å². The van der Waals surface area contributed by atoms with Crippen molar-refractivity contribution in [2.24, 2.45) is 0 Å². The molecule has 1 heterocycles. The zero-order valence-corrected chi connectivity index (χ0v) is 12.6. The number of aromatic carboxylic acids is 1. The summed E-state index contributed by atoms with van der Waals surface area (Å²) in [6, 6.07) is 5.62. The zero-order valence-electron chi connectivity index (χ0n) is 12.6. The van der Waals surface area contributed by atoms with E-state index in [1.165, 1.54) is 11.3 Å². The third-order valence-electron chi connectivity index (χ3n) is 3.94. The molecule has 1 N–H and O–H groups in total. The van der Waals surface area contributed by atoms with Crippen LogP contribution in [0.15, 0.2) is 18.2 Å². The van der Waals surface area contributed by atoms with Crippen LogP contribution >= 0.6 is 0 Å². The van der Waals surface area contributed by atoms with Crippen molar-refractivity contribution in [2.75, 3.05) is 0 Å². The molecule has 3 nitrogen and oxygen atoms in total. The first-order valence-electron chi connectivity index (χ1n) is 7.45. The lowest BCUT2D eigenvalue weighted by atomic mass is 10.0. The van der Waals surface area contributed by atoms with Gasteiger partial charge in [0.15, 0.2) is 0 Å². The predicted octanol–water partition coefficient (Wildman–Crippen LogP) is 4.40. The number of aromatic nitrogens is 1. The van der Waals surface area contributed by atoms with Crippen LogP contribution in [0.1, 0.15) is 54.7 Å². The second kappa shape index (κ2) is 6.12. The van der Waals surface area contributed by atoms with Crippen LogP contribution in [0.5, 0.6) is 0 Å². The first-order chi connectivity index (χ1) is 9.61. The molecule has 2 aromatic rings. The van der Waals surface area contributed by atoms with Gasteiger partial charge in [-0.05, 0) is 31.4 Å². The summed E-state index contributed by atoms with van der Waals surface area (Å²) in [4.78, 5) is 11.5. The Balaban J connectivity index is 2.73. The first kappa shape index (κ1) is 14.6. The van der Waals surface area contributed by atoms with Crippen molar-refractivity contribution in [3.8, 4) is 0 Å². The topological polar surface area (TPSA) is 42.2 Å². The van der Waals surface area contributed by atoms with Crippen molar-refractivity contribution in [3.05, 3.63) is 35.0 Å². The molecule has 1 aromatic heterocycles. The highest BCUT2D eigenvalue weighted by Gasteiger charge is 2.18. The minimum absolute atomic E-state index is 0.420. The van der Waals surface area contributed by atoms with Crippen LogP contribution in [0.4, 0.5) is 0 Å². The number of hydrogen-bond donors (Lipinski definition) is 1. The molecule has 2 rings (SSSR count). The summed E-state index contributed by atoms with van der Waals surface area (Å²) in [5, 5.41) is 10.6. The average molecular weight is 273 g/mol. The summed E-state index contributed by atoms with van der Waals surface area (Å²) < 4.78 is 2.20. The second-order valence-electron chi connectivity index (χ2n) is 5.33. The molecule has 0 amide bonds. The fourth-order valence-electron chi connectivity index (χ4n) is 2.94. The third-order valence-corrected chi connectivity index (χ3v) is 3.94. The highest BCUT2D eigenvalue weighted by molar-refractivity contribution is 6.03. The van der Waals surface area contributed by atoms with E-state index < -0.39 is 5.97 Å². The molecule has 108 valence electrons. The number of hydrogen-bond acceptors (Lipinski definition) is 1. The molecule has 0 saturated heterocycles. The lowest BCUT2D eigenvalue weighted by Gasteiger charge is -2.09. The third kappa shape index (κ3) is 2.45. The molecule has 0 bridgehead atoms. The van der Waals surface area contributed by atoms with Crippen LogP contribution in [0.3, 0.4) is 0 Å². The highest BCUT2D eigenvalue weighted by Crippen LogP contribution is 2.30. The number of fused-ring (bicyclic) bond motifs is 1. The van der Waals surface area contributed by atoms with E-state index in [1.54, 1.807) is 6.07 Å². The molecule has 3 heteroatoms. The van der Waals surface area contributed by atoms with Gasteiger partial charge < -0.3 is 9.67 Å². The second-order valence-corrected chi connectivity index (χ2v) is 5.33. The van der Waals surface area contributed by atoms with Gasteiger partial charge in [-0.3, -0.25) is 0 Å². The summed E-state index contributed by atoms with van der Waals surface area (Å²) in [6.07, 6.45) is 4.26. The van der Waals surface area contributed by atoms with Gasteiger partial charge in [-0.1, -0.05) is 38.8 Å². The van der Waals surface area contributed by atoms with Gasteiger partial charge in [-0.2, -0.15) is 0 Å². The number of unbranched alkanes of at least 4 members (excludes halogenated alkanes) is 1. The van der Waals surface area contributed by atoms with Crippen molar-refractivity contribution < 1.29 is 9.90 Å². The number of nitrogens with zero attached hydrogens (tertiary/aromatic N) is 1. The number of carbonyl (C=O) groups is 1. The maximum atomic E-state index is 11.5. The monoisotopic (exact) mass is 273 g/mol. The lowest BCUT2D eigenvalue weighted by Crippen LogP contribution is -2.05. The zero-order chi connectivity index (χ0) is 14.7. The summed E-state index contributed by atoms with van der Waals surface area (Å²) in [6.45, 7) is 7.33. The molecular weight excluding hydrogens is 250 g/mol. The molecule has 0 spiro atoms. The molecule has 0 atom stereocenters. The van der Waals surface area contributed by atoms with Crippen LogP contribution in [-0.4, -0.2) is 15.6 Å². The Bertz CT molecular complexity index is 625. The Hall–Kier alpha value is -1.77. The van der Waals surface area contributed by atoms with Gasteiger partial charge >= 0.3 is 5.97 Å². The Kier molecular flexibility index (Phi) is 4.48. The minimum Gasteiger partial charge on any atom is -0.478 e. The Labute approximate surface area is 120 Å². The fraction of sp³-hybridized carbons (Fsp3) is 0.471. The van der Waals surface area contributed by atoms with Crippen molar-refractivity contribution in [3.63, 3.8) is 0 Å². The number of aryl methyl sites for hydroxylation is 2. The fourth-order valence-corrected chi connectivity index (χ4v) is 2.94. The number of carboxylic acid groups (broad SMARTS) is 1. The van der Waals surface area contributed by atoms with Gasteiger partial charge in [-0.25, -0.2) is 4.79 Å². The lowest BCUT2D eigenvalue weighted by molar-refractivity contribution is 0.0698. The van der Waals surface area contributed by atoms with Crippen molar-refractivity contribution >= 4 is 16.9 Å². The Morgan fingerprint density at radius 2 is 2.00 bits per heavy atom. The van der Waals surface area contributed by atoms with Gasteiger partial charge in [0.1, 0.15) is 0 Å². The van der Waals surface area contributed by atoms with Gasteiger partial charge in [0.2, 0.25) is 0 Å². The van der Waals surface area contributed by atoms with Crippen molar-refractivity contribution in [1.82, 2.24) is 4.57 Å². The molecule has 0 aliphatic carbocycles. The van der Waals surface area contributed by atoms with E-state index in [0.29, 0.717) is 5.56 Å². The number of rotatable bonds is 6. The summed E-state index contributed by atoms with van der Waals surface area (Å²) >= 11 is 0. The van der Waals surface area contributed by atoms with E-state index in [9.17, 15) is 9.90 Å². The quantitative estimate of drug-likeness (QED) is 0.847. The molecule has 1 aromatic carbocycles. The Morgan fingerprint density at radius 1 is 1.25 bits per heavy atom. The highest BCUT2D eigenvalue weighted by atomic mass is 16.4. The molecule has 0 saturated carbocycles. The maximum absolute atomic E-state index is 11.5. The van der Waals surface area contributed by atoms with Gasteiger partial charge in [0, 0.05) is 17.6 Å². The number of carboxylic acids is 1.